The largest absolute Gasteiger partial charge is 0.305 e. The Labute approximate surface area is 132 Å². The zero-order valence-electron chi connectivity index (χ0n) is 13.1. The van der Waals surface area contributed by atoms with Gasteiger partial charge in [0, 0.05) is 6.04 Å². The van der Waals surface area contributed by atoms with E-state index in [0.717, 1.165) is 11.4 Å². The van der Waals surface area contributed by atoms with Crippen LogP contribution in [-0.4, -0.2) is 11.0 Å². The molecule has 3 heteroatoms. The fourth-order valence-corrected chi connectivity index (χ4v) is 4.51. The molecule has 1 aromatic carbocycles. The van der Waals surface area contributed by atoms with Crippen molar-refractivity contribution in [1.82, 2.24) is 10.3 Å². The van der Waals surface area contributed by atoms with Crippen molar-refractivity contribution < 1.29 is 0 Å². The molecule has 3 rings (SSSR count). The van der Waals surface area contributed by atoms with Crippen LogP contribution in [0.5, 0.6) is 0 Å². The maximum absolute atomic E-state index is 4.78. The van der Waals surface area contributed by atoms with E-state index in [2.05, 4.69) is 43.4 Å². The number of benzene rings is 1. The molecular weight excluding hydrogens is 276 g/mol. The van der Waals surface area contributed by atoms with E-state index in [1.807, 2.05) is 11.3 Å². The van der Waals surface area contributed by atoms with Gasteiger partial charge in [-0.05, 0) is 50.7 Å². The molecule has 0 spiro atoms. The molecule has 1 unspecified atom stereocenters. The number of thiazole rings is 1. The topological polar surface area (TPSA) is 24.9 Å². The van der Waals surface area contributed by atoms with Crippen molar-refractivity contribution in [2.45, 2.75) is 64.5 Å². The molecule has 21 heavy (non-hydrogen) atoms. The van der Waals surface area contributed by atoms with E-state index < -0.39 is 0 Å². The van der Waals surface area contributed by atoms with Gasteiger partial charge in [0.1, 0.15) is 5.01 Å². The molecule has 1 aliphatic rings. The normalized spacial score (nSPS) is 24.3. The molecule has 0 saturated heterocycles. The first-order valence-corrected chi connectivity index (χ1v) is 9.19. The SMILES string of the molecule is CCCC1CCC(NC(C)c2nc3ccccc3s2)CC1. The maximum atomic E-state index is 4.78. The maximum Gasteiger partial charge on any atom is 0.111 e. The fourth-order valence-electron chi connectivity index (χ4n) is 3.53. The highest BCUT2D eigenvalue weighted by Gasteiger charge is 2.22. The van der Waals surface area contributed by atoms with Gasteiger partial charge in [0.15, 0.2) is 0 Å². The third-order valence-electron chi connectivity index (χ3n) is 4.71. The van der Waals surface area contributed by atoms with Crippen LogP contribution in [0.3, 0.4) is 0 Å². The van der Waals surface area contributed by atoms with Gasteiger partial charge in [-0.15, -0.1) is 11.3 Å². The van der Waals surface area contributed by atoms with E-state index in [9.17, 15) is 0 Å². The molecule has 0 aliphatic heterocycles. The van der Waals surface area contributed by atoms with Gasteiger partial charge in [0.2, 0.25) is 0 Å². The molecule has 0 radical (unpaired) electrons. The molecule has 0 amide bonds. The molecule has 1 saturated carbocycles. The van der Waals surface area contributed by atoms with Crippen LogP contribution < -0.4 is 5.32 Å². The van der Waals surface area contributed by atoms with Crippen molar-refractivity contribution in [3.8, 4) is 0 Å². The molecule has 0 bridgehead atoms. The number of nitrogens with zero attached hydrogens (tertiary/aromatic N) is 1. The fraction of sp³-hybridized carbons (Fsp3) is 0.611. The van der Waals surface area contributed by atoms with Crippen LogP contribution in [0.1, 0.15) is 63.4 Å². The van der Waals surface area contributed by atoms with Crippen LogP contribution in [0.25, 0.3) is 10.2 Å². The van der Waals surface area contributed by atoms with Crippen molar-refractivity contribution in [1.29, 1.82) is 0 Å². The monoisotopic (exact) mass is 302 g/mol. The van der Waals surface area contributed by atoms with Crippen molar-refractivity contribution in [3.05, 3.63) is 29.3 Å². The predicted octanol–water partition coefficient (Wildman–Crippen LogP) is 5.31. The van der Waals surface area contributed by atoms with Gasteiger partial charge in [-0.25, -0.2) is 4.98 Å². The second kappa shape index (κ2) is 6.89. The van der Waals surface area contributed by atoms with Crippen LogP contribution in [0.2, 0.25) is 0 Å². The van der Waals surface area contributed by atoms with Gasteiger partial charge in [0.05, 0.1) is 16.3 Å². The molecule has 1 aromatic heterocycles. The van der Waals surface area contributed by atoms with Crippen molar-refractivity contribution in [2.24, 2.45) is 5.92 Å². The van der Waals surface area contributed by atoms with Crippen molar-refractivity contribution in [3.63, 3.8) is 0 Å². The molecule has 2 aromatic rings. The summed E-state index contributed by atoms with van der Waals surface area (Å²) in [5, 5.41) is 5.04. The van der Waals surface area contributed by atoms with E-state index in [1.165, 1.54) is 48.2 Å². The zero-order valence-corrected chi connectivity index (χ0v) is 14.0. The smallest absolute Gasteiger partial charge is 0.111 e. The lowest BCUT2D eigenvalue weighted by Gasteiger charge is -2.30. The highest BCUT2D eigenvalue weighted by molar-refractivity contribution is 7.18. The average Bonchev–Trinajstić information content (AvgIpc) is 2.94. The minimum Gasteiger partial charge on any atom is -0.305 e. The first-order chi connectivity index (χ1) is 10.3. The van der Waals surface area contributed by atoms with Crippen LogP contribution in [-0.2, 0) is 0 Å². The van der Waals surface area contributed by atoms with Crippen LogP contribution in [0.15, 0.2) is 24.3 Å². The van der Waals surface area contributed by atoms with Crippen LogP contribution >= 0.6 is 11.3 Å². The highest BCUT2D eigenvalue weighted by Crippen LogP contribution is 2.31. The standard InChI is InChI=1S/C18H26N2S/c1-3-6-14-9-11-15(12-10-14)19-13(2)18-20-16-7-4-5-8-17(16)21-18/h4-5,7-8,13-15,19H,3,6,9-12H2,1-2H3. The zero-order chi connectivity index (χ0) is 14.7. The Morgan fingerprint density at radius 1 is 1.24 bits per heavy atom. The van der Waals surface area contributed by atoms with E-state index in [0.29, 0.717) is 12.1 Å². The summed E-state index contributed by atoms with van der Waals surface area (Å²) in [6.07, 6.45) is 8.22. The van der Waals surface area contributed by atoms with Crippen molar-refractivity contribution >= 4 is 21.6 Å². The Morgan fingerprint density at radius 3 is 2.71 bits per heavy atom. The Hall–Kier alpha value is -0.930. The van der Waals surface area contributed by atoms with Gasteiger partial charge < -0.3 is 5.32 Å². The lowest BCUT2D eigenvalue weighted by atomic mass is 9.83. The summed E-state index contributed by atoms with van der Waals surface area (Å²) in [7, 11) is 0. The van der Waals surface area contributed by atoms with Crippen LogP contribution in [0, 0.1) is 5.92 Å². The summed E-state index contributed by atoms with van der Waals surface area (Å²) >= 11 is 1.83. The second-order valence-electron chi connectivity index (χ2n) is 6.41. The summed E-state index contributed by atoms with van der Waals surface area (Å²) in [6, 6.07) is 9.49. The minimum absolute atomic E-state index is 0.370. The van der Waals surface area contributed by atoms with E-state index in [1.54, 1.807) is 0 Å². The average molecular weight is 302 g/mol. The summed E-state index contributed by atoms with van der Waals surface area (Å²) in [5.41, 5.74) is 1.14. The number of rotatable bonds is 5. The molecule has 1 fully saturated rings. The quantitative estimate of drug-likeness (QED) is 0.810. The number of para-hydroxylation sites is 1. The minimum atomic E-state index is 0.370. The van der Waals surface area contributed by atoms with Crippen molar-refractivity contribution in [2.75, 3.05) is 0 Å². The second-order valence-corrected chi connectivity index (χ2v) is 7.48. The Kier molecular flexibility index (Phi) is 4.91. The summed E-state index contributed by atoms with van der Waals surface area (Å²) < 4.78 is 1.30. The number of hydrogen-bond acceptors (Lipinski definition) is 3. The predicted molar refractivity (Wildman–Crippen MR) is 91.8 cm³/mol. The van der Waals surface area contributed by atoms with E-state index in [4.69, 9.17) is 4.98 Å². The number of hydrogen-bond donors (Lipinski definition) is 1. The Bertz CT molecular complexity index is 536. The molecule has 2 nitrogen and oxygen atoms in total. The van der Waals surface area contributed by atoms with Gasteiger partial charge in [-0.2, -0.15) is 0 Å². The third kappa shape index (κ3) is 3.64. The van der Waals surface area contributed by atoms with Crippen LogP contribution in [0.4, 0.5) is 0 Å². The van der Waals surface area contributed by atoms with Gasteiger partial charge in [-0.3, -0.25) is 0 Å². The number of aromatic nitrogens is 1. The first-order valence-electron chi connectivity index (χ1n) is 8.37. The number of nitrogens with one attached hydrogen (secondary N) is 1. The lowest BCUT2D eigenvalue weighted by molar-refractivity contribution is 0.266. The van der Waals surface area contributed by atoms with Gasteiger partial charge in [0.25, 0.3) is 0 Å². The molecule has 114 valence electrons. The summed E-state index contributed by atoms with van der Waals surface area (Å²) in [5.74, 6) is 0.978. The van der Waals surface area contributed by atoms with E-state index >= 15 is 0 Å². The molecule has 1 atom stereocenters. The van der Waals surface area contributed by atoms with E-state index in [-0.39, 0.29) is 0 Å². The lowest BCUT2D eigenvalue weighted by Crippen LogP contribution is -2.34. The highest BCUT2D eigenvalue weighted by atomic mass is 32.1. The third-order valence-corrected chi connectivity index (χ3v) is 5.93. The molecular formula is C18H26N2S. The molecule has 1 aliphatic carbocycles. The molecule has 1 N–H and O–H groups in total. The Balaban J connectivity index is 1.58. The van der Waals surface area contributed by atoms with Gasteiger partial charge in [-0.1, -0.05) is 31.9 Å². The number of fused-ring (bicyclic) bond motifs is 1. The first kappa shape index (κ1) is 15.0. The summed E-state index contributed by atoms with van der Waals surface area (Å²) in [6.45, 7) is 4.56. The summed E-state index contributed by atoms with van der Waals surface area (Å²) in [4.78, 5) is 4.78. The molecule has 1 heterocycles. The van der Waals surface area contributed by atoms with Gasteiger partial charge >= 0.3 is 0 Å². The Morgan fingerprint density at radius 2 is 2.00 bits per heavy atom.